The highest BCUT2D eigenvalue weighted by Crippen LogP contribution is 2.33. The van der Waals surface area contributed by atoms with Crippen molar-refractivity contribution in [2.24, 2.45) is 11.8 Å². The fourth-order valence-electron chi connectivity index (χ4n) is 2.91. The Balaban J connectivity index is 2.35. The third-order valence-electron chi connectivity index (χ3n) is 4.30. The van der Waals surface area contributed by atoms with E-state index in [1.807, 2.05) is 13.8 Å². The molecule has 1 heterocycles. The summed E-state index contributed by atoms with van der Waals surface area (Å²) in [6.45, 7) is 6.06. The quantitative estimate of drug-likeness (QED) is 0.863. The molecule has 1 aliphatic heterocycles. The molecular formula is C17H23NO3S. The minimum absolute atomic E-state index is 0.199. The van der Waals surface area contributed by atoms with E-state index in [2.05, 4.69) is 5.92 Å². The molecule has 0 saturated carbocycles. The van der Waals surface area contributed by atoms with Crippen LogP contribution in [0.25, 0.3) is 0 Å². The lowest BCUT2D eigenvalue weighted by atomic mass is 9.95. The van der Waals surface area contributed by atoms with E-state index in [1.165, 1.54) is 4.31 Å². The Hall–Kier alpha value is -1.35. The lowest BCUT2D eigenvalue weighted by Crippen LogP contribution is -2.45. The van der Waals surface area contributed by atoms with Gasteiger partial charge in [0.2, 0.25) is 10.0 Å². The summed E-state index contributed by atoms with van der Waals surface area (Å²) < 4.78 is 27.2. The molecule has 0 radical (unpaired) electrons. The van der Waals surface area contributed by atoms with Crippen LogP contribution in [0.4, 0.5) is 0 Å². The van der Waals surface area contributed by atoms with Crippen LogP contribution in [-0.2, 0) is 10.0 Å². The molecule has 4 atom stereocenters. The molecule has 0 aromatic heterocycles. The molecule has 1 fully saturated rings. The molecule has 2 rings (SSSR count). The predicted molar refractivity (Wildman–Crippen MR) is 86.6 cm³/mol. The molecule has 1 N–H and O–H groups in total. The Morgan fingerprint density at radius 3 is 2.50 bits per heavy atom. The van der Waals surface area contributed by atoms with Gasteiger partial charge in [-0.05, 0) is 38.3 Å². The van der Waals surface area contributed by atoms with Crippen molar-refractivity contribution in [1.82, 2.24) is 4.31 Å². The summed E-state index contributed by atoms with van der Waals surface area (Å²) in [7, 11) is -3.62. The van der Waals surface area contributed by atoms with Crippen molar-refractivity contribution in [3.8, 4) is 12.3 Å². The van der Waals surface area contributed by atoms with Gasteiger partial charge < -0.3 is 5.11 Å². The van der Waals surface area contributed by atoms with Crippen LogP contribution in [0.3, 0.4) is 0 Å². The predicted octanol–water partition coefficient (Wildman–Crippen LogP) is 2.02. The third kappa shape index (κ3) is 3.19. The molecule has 4 nitrogen and oxygen atoms in total. The first kappa shape index (κ1) is 17.0. The molecule has 1 aromatic rings. The molecule has 1 aliphatic rings. The number of sulfonamides is 1. The van der Waals surface area contributed by atoms with Crippen molar-refractivity contribution in [2.45, 2.75) is 44.2 Å². The van der Waals surface area contributed by atoms with Crippen molar-refractivity contribution >= 4 is 10.0 Å². The molecule has 0 amide bonds. The first-order chi connectivity index (χ1) is 10.3. The molecule has 5 heteroatoms. The van der Waals surface area contributed by atoms with Crippen molar-refractivity contribution in [2.75, 3.05) is 6.54 Å². The summed E-state index contributed by atoms with van der Waals surface area (Å²) in [6, 6.07) is 6.32. The summed E-state index contributed by atoms with van der Waals surface area (Å²) in [5.41, 5.74) is 1.01. The van der Waals surface area contributed by atoms with Crippen molar-refractivity contribution in [3.05, 3.63) is 29.8 Å². The maximum atomic E-state index is 12.9. The molecule has 1 aromatic carbocycles. The molecule has 0 unspecified atom stereocenters. The number of aryl methyl sites for hydroxylation is 1. The maximum absolute atomic E-state index is 12.9. The van der Waals surface area contributed by atoms with E-state index < -0.39 is 22.2 Å². The van der Waals surface area contributed by atoms with Crippen LogP contribution in [0.2, 0.25) is 0 Å². The molecule has 0 aliphatic carbocycles. The Morgan fingerprint density at radius 2 is 1.95 bits per heavy atom. The second-order valence-corrected chi connectivity index (χ2v) is 8.13. The van der Waals surface area contributed by atoms with Crippen LogP contribution in [0, 0.1) is 31.1 Å². The third-order valence-corrected chi connectivity index (χ3v) is 6.21. The normalized spacial score (nSPS) is 25.6. The van der Waals surface area contributed by atoms with Gasteiger partial charge in [-0.3, -0.25) is 0 Å². The summed E-state index contributed by atoms with van der Waals surface area (Å²) in [4.78, 5) is 0.262. The van der Waals surface area contributed by atoms with Gasteiger partial charge in [0.1, 0.15) is 0 Å². The maximum Gasteiger partial charge on any atom is 0.243 e. The number of nitrogens with zero attached hydrogens (tertiary/aromatic N) is 1. The molecular weight excluding hydrogens is 298 g/mol. The minimum Gasteiger partial charge on any atom is -0.390 e. The zero-order valence-corrected chi connectivity index (χ0v) is 14.0. The molecule has 22 heavy (non-hydrogen) atoms. The fourth-order valence-corrected chi connectivity index (χ4v) is 4.68. The SMILES string of the molecule is C#C[C@@H](C)[C@@H](O)[C@H]1C[C@H](C)CN1S(=O)(=O)c1ccc(C)cc1. The number of hydrogen-bond donors (Lipinski definition) is 1. The monoisotopic (exact) mass is 321 g/mol. The van der Waals surface area contributed by atoms with Gasteiger partial charge >= 0.3 is 0 Å². The van der Waals surface area contributed by atoms with E-state index in [0.717, 1.165) is 5.56 Å². The zero-order chi connectivity index (χ0) is 16.5. The standard InChI is InChI=1S/C17H23NO3S/c1-5-14(4)17(19)16-10-13(3)11-18(16)22(20,21)15-8-6-12(2)7-9-15/h1,6-9,13-14,16-17,19H,10-11H2,2-4H3/t13-,14+,16+,17+/m0/s1. The Labute approximate surface area is 133 Å². The largest absolute Gasteiger partial charge is 0.390 e. The summed E-state index contributed by atoms with van der Waals surface area (Å²) in [5.74, 6) is 2.32. The number of terminal acetylenes is 1. The van der Waals surface area contributed by atoms with Gasteiger partial charge in [-0.15, -0.1) is 12.3 Å². The van der Waals surface area contributed by atoms with Gasteiger partial charge in [-0.2, -0.15) is 4.31 Å². The topological polar surface area (TPSA) is 57.6 Å². The van der Waals surface area contributed by atoms with Crippen LogP contribution < -0.4 is 0 Å². The lowest BCUT2D eigenvalue weighted by Gasteiger charge is -2.29. The minimum atomic E-state index is -3.62. The summed E-state index contributed by atoms with van der Waals surface area (Å²) in [6.07, 6.45) is 5.15. The Kier molecular flexibility index (Phi) is 4.96. The van der Waals surface area contributed by atoms with Crippen molar-refractivity contribution < 1.29 is 13.5 Å². The van der Waals surface area contributed by atoms with E-state index in [0.29, 0.717) is 13.0 Å². The molecule has 120 valence electrons. The van der Waals surface area contributed by atoms with E-state index in [4.69, 9.17) is 6.42 Å². The number of benzene rings is 1. The van der Waals surface area contributed by atoms with Crippen molar-refractivity contribution in [1.29, 1.82) is 0 Å². The van der Waals surface area contributed by atoms with Gasteiger partial charge in [0, 0.05) is 12.5 Å². The van der Waals surface area contributed by atoms with E-state index in [9.17, 15) is 13.5 Å². The van der Waals surface area contributed by atoms with Crippen LogP contribution in [0.15, 0.2) is 29.2 Å². The van der Waals surface area contributed by atoms with E-state index >= 15 is 0 Å². The highest BCUT2D eigenvalue weighted by molar-refractivity contribution is 7.89. The fraction of sp³-hybridized carbons (Fsp3) is 0.529. The number of aliphatic hydroxyl groups excluding tert-OH is 1. The summed E-state index contributed by atoms with van der Waals surface area (Å²) in [5, 5.41) is 10.4. The van der Waals surface area contributed by atoms with E-state index in [-0.39, 0.29) is 16.7 Å². The van der Waals surface area contributed by atoms with Crippen LogP contribution in [-0.4, -0.2) is 36.5 Å². The first-order valence-electron chi connectivity index (χ1n) is 7.50. The highest BCUT2D eigenvalue weighted by atomic mass is 32.2. The Bertz CT molecular complexity index is 660. The smallest absolute Gasteiger partial charge is 0.243 e. The van der Waals surface area contributed by atoms with Gasteiger partial charge in [-0.1, -0.05) is 24.6 Å². The average Bonchev–Trinajstić information content (AvgIpc) is 2.88. The second kappa shape index (κ2) is 6.41. The van der Waals surface area contributed by atoms with Gasteiger partial charge in [-0.25, -0.2) is 8.42 Å². The van der Waals surface area contributed by atoms with E-state index in [1.54, 1.807) is 31.2 Å². The lowest BCUT2D eigenvalue weighted by molar-refractivity contribution is 0.0788. The number of rotatable bonds is 4. The van der Waals surface area contributed by atoms with Crippen LogP contribution in [0.1, 0.15) is 25.8 Å². The number of aliphatic hydroxyl groups is 1. The average molecular weight is 321 g/mol. The molecule has 0 bridgehead atoms. The Morgan fingerprint density at radius 1 is 1.36 bits per heavy atom. The van der Waals surface area contributed by atoms with Gasteiger partial charge in [0.25, 0.3) is 0 Å². The van der Waals surface area contributed by atoms with Gasteiger partial charge in [0.05, 0.1) is 17.0 Å². The summed E-state index contributed by atoms with van der Waals surface area (Å²) >= 11 is 0. The molecule has 1 saturated heterocycles. The number of hydrogen-bond acceptors (Lipinski definition) is 3. The van der Waals surface area contributed by atoms with Gasteiger partial charge in [0.15, 0.2) is 0 Å². The van der Waals surface area contributed by atoms with Crippen LogP contribution in [0.5, 0.6) is 0 Å². The second-order valence-electron chi connectivity index (χ2n) is 6.24. The highest BCUT2D eigenvalue weighted by Gasteiger charge is 2.43. The molecule has 0 spiro atoms. The van der Waals surface area contributed by atoms with Crippen LogP contribution >= 0.6 is 0 Å². The zero-order valence-electron chi connectivity index (χ0n) is 13.2. The first-order valence-corrected chi connectivity index (χ1v) is 8.94. The van der Waals surface area contributed by atoms with Crippen molar-refractivity contribution in [3.63, 3.8) is 0 Å².